The molecule has 0 saturated heterocycles. The van der Waals surface area contributed by atoms with Gasteiger partial charge >= 0.3 is 0 Å². The van der Waals surface area contributed by atoms with Crippen LogP contribution in [0.4, 0.5) is 18.9 Å². The van der Waals surface area contributed by atoms with Crippen LogP contribution in [0.3, 0.4) is 0 Å². The van der Waals surface area contributed by atoms with Gasteiger partial charge in [0.1, 0.15) is 12.3 Å². The zero-order valence-corrected chi connectivity index (χ0v) is 16.3. The van der Waals surface area contributed by atoms with Crippen LogP contribution in [-0.4, -0.2) is 43.8 Å². The summed E-state index contributed by atoms with van der Waals surface area (Å²) in [5.74, 6) is -5.29. The summed E-state index contributed by atoms with van der Waals surface area (Å²) < 4.78 is 46.4. The molecule has 0 radical (unpaired) electrons. The molecule has 2 aromatic heterocycles. The summed E-state index contributed by atoms with van der Waals surface area (Å²) in [5.41, 5.74) is -0.535. The Morgan fingerprint density at radius 1 is 1.23 bits per heavy atom. The Kier molecular flexibility index (Phi) is 6.72. The van der Waals surface area contributed by atoms with Crippen molar-refractivity contribution in [3.63, 3.8) is 0 Å². The number of carbonyl (C=O) groups excluding carboxylic acids is 2. The summed E-state index contributed by atoms with van der Waals surface area (Å²) in [7, 11) is 0. The van der Waals surface area contributed by atoms with E-state index in [-0.39, 0.29) is 6.54 Å². The van der Waals surface area contributed by atoms with Gasteiger partial charge in [-0.1, -0.05) is 11.8 Å². The third-order valence-electron chi connectivity index (χ3n) is 3.77. The van der Waals surface area contributed by atoms with Crippen molar-refractivity contribution in [1.29, 1.82) is 0 Å². The normalized spacial score (nSPS) is 11.9. The molecular formula is C17H15F3N6O3S. The number of thioether (sulfide) groups is 1. The lowest BCUT2D eigenvalue weighted by molar-refractivity contribution is -0.123. The Morgan fingerprint density at radius 3 is 2.77 bits per heavy atom. The van der Waals surface area contributed by atoms with E-state index in [4.69, 9.17) is 4.42 Å². The number of furan rings is 1. The van der Waals surface area contributed by atoms with Gasteiger partial charge in [-0.25, -0.2) is 17.9 Å². The number of nitrogens with one attached hydrogen (secondary N) is 2. The minimum atomic E-state index is -1.70. The van der Waals surface area contributed by atoms with Gasteiger partial charge in [-0.3, -0.25) is 9.59 Å². The first kappa shape index (κ1) is 21.4. The molecule has 0 spiro atoms. The summed E-state index contributed by atoms with van der Waals surface area (Å²) >= 11 is 1.06. The molecule has 0 saturated carbocycles. The van der Waals surface area contributed by atoms with Gasteiger partial charge in [-0.2, -0.15) is 0 Å². The molecular weight excluding hydrogens is 425 g/mol. The molecule has 1 atom stereocenters. The van der Waals surface area contributed by atoms with E-state index in [1.165, 1.54) is 10.9 Å². The highest BCUT2D eigenvalue weighted by molar-refractivity contribution is 8.00. The largest absolute Gasteiger partial charge is 0.467 e. The van der Waals surface area contributed by atoms with Crippen LogP contribution in [-0.2, 0) is 16.1 Å². The molecule has 9 nitrogen and oxygen atoms in total. The van der Waals surface area contributed by atoms with Crippen molar-refractivity contribution in [2.24, 2.45) is 0 Å². The molecule has 30 heavy (non-hydrogen) atoms. The second kappa shape index (κ2) is 9.43. The summed E-state index contributed by atoms with van der Waals surface area (Å²) in [4.78, 5) is 24.1. The summed E-state index contributed by atoms with van der Waals surface area (Å²) in [5, 5.41) is 15.4. The molecule has 1 unspecified atom stereocenters. The van der Waals surface area contributed by atoms with E-state index < -0.39 is 46.7 Å². The van der Waals surface area contributed by atoms with Gasteiger partial charge in [0.05, 0.1) is 23.7 Å². The smallest absolute Gasteiger partial charge is 0.243 e. The van der Waals surface area contributed by atoms with E-state index in [2.05, 4.69) is 26.2 Å². The van der Waals surface area contributed by atoms with Crippen molar-refractivity contribution in [2.75, 3.05) is 11.9 Å². The number of amides is 2. The first-order chi connectivity index (χ1) is 14.3. The molecule has 3 rings (SSSR count). The van der Waals surface area contributed by atoms with Gasteiger partial charge in [0.2, 0.25) is 17.0 Å². The molecule has 2 heterocycles. The second-order valence-corrected chi connectivity index (χ2v) is 7.26. The number of aromatic nitrogens is 4. The van der Waals surface area contributed by atoms with Gasteiger partial charge in [0.25, 0.3) is 0 Å². The summed E-state index contributed by atoms with van der Waals surface area (Å²) in [6.45, 7) is 1.36. The fourth-order valence-electron chi connectivity index (χ4n) is 2.27. The molecule has 2 amide bonds. The number of tetrazole rings is 1. The van der Waals surface area contributed by atoms with Gasteiger partial charge in [-0.15, -0.1) is 5.10 Å². The van der Waals surface area contributed by atoms with Gasteiger partial charge in [0, 0.05) is 0 Å². The summed E-state index contributed by atoms with van der Waals surface area (Å²) in [6, 6.07) is 5.03. The Balaban J connectivity index is 1.51. The predicted octanol–water partition coefficient (Wildman–Crippen LogP) is 1.97. The van der Waals surface area contributed by atoms with Crippen molar-refractivity contribution >= 4 is 29.3 Å². The molecule has 0 fully saturated rings. The number of halogens is 3. The minimum Gasteiger partial charge on any atom is -0.467 e. The third kappa shape index (κ3) is 5.17. The van der Waals surface area contributed by atoms with Gasteiger partial charge in [-0.05, 0) is 41.6 Å². The Labute approximate surface area is 172 Å². The fraction of sp³-hybridized carbons (Fsp3) is 0.235. The molecule has 0 aliphatic rings. The van der Waals surface area contributed by atoms with Crippen molar-refractivity contribution in [3.05, 3.63) is 53.7 Å². The van der Waals surface area contributed by atoms with E-state index in [9.17, 15) is 22.8 Å². The van der Waals surface area contributed by atoms with E-state index in [1.54, 1.807) is 19.1 Å². The number of hydrogen-bond acceptors (Lipinski definition) is 7. The first-order valence-corrected chi connectivity index (χ1v) is 9.39. The monoisotopic (exact) mass is 440 g/mol. The second-order valence-electron chi connectivity index (χ2n) is 5.95. The van der Waals surface area contributed by atoms with Crippen LogP contribution >= 0.6 is 11.8 Å². The van der Waals surface area contributed by atoms with Crippen LogP contribution in [0, 0.1) is 17.5 Å². The van der Waals surface area contributed by atoms with Crippen molar-refractivity contribution in [1.82, 2.24) is 25.5 Å². The fourth-order valence-corrected chi connectivity index (χ4v) is 3.08. The molecule has 0 aliphatic carbocycles. The van der Waals surface area contributed by atoms with E-state index >= 15 is 0 Å². The lowest BCUT2D eigenvalue weighted by atomic mass is 10.2. The van der Waals surface area contributed by atoms with Crippen LogP contribution in [0.25, 0.3) is 0 Å². The molecule has 1 aromatic carbocycles. The van der Waals surface area contributed by atoms with Crippen LogP contribution in [0.15, 0.2) is 40.1 Å². The molecule has 0 aliphatic heterocycles. The van der Waals surface area contributed by atoms with Crippen LogP contribution in [0.1, 0.15) is 12.7 Å². The lowest BCUT2D eigenvalue weighted by Crippen LogP contribution is -2.37. The maximum Gasteiger partial charge on any atom is 0.243 e. The highest BCUT2D eigenvalue weighted by atomic mass is 32.2. The lowest BCUT2D eigenvalue weighted by Gasteiger charge is -2.12. The number of carbonyl (C=O) groups is 2. The standard InChI is InChI=1S/C17H15F3N6O3S/c1-9(30-17-23-24-25-26(17)8-10-3-2-6-29-10)16(28)21-7-13(27)22-12-5-4-11(18)14(19)15(12)20/h2-6,9H,7-8H2,1H3,(H,21,28)(H,22,27). The quantitative estimate of drug-likeness (QED) is 0.407. The van der Waals surface area contributed by atoms with Gasteiger partial charge in [0.15, 0.2) is 17.5 Å². The number of nitrogens with zero attached hydrogens (tertiary/aromatic N) is 4. The average Bonchev–Trinajstić information content (AvgIpc) is 3.39. The number of hydrogen-bond donors (Lipinski definition) is 2. The van der Waals surface area contributed by atoms with Crippen LogP contribution in [0.2, 0.25) is 0 Å². The molecule has 2 N–H and O–H groups in total. The highest BCUT2D eigenvalue weighted by Gasteiger charge is 2.20. The number of anilines is 1. The Bertz CT molecular complexity index is 1040. The topological polar surface area (TPSA) is 115 Å². The first-order valence-electron chi connectivity index (χ1n) is 8.51. The number of rotatable bonds is 8. The SMILES string of the molecule is CC(Sc1nnnn1Cc1ccco1)C(=O)NCC(=O)Nc1ccc(F)c(F)c1F. The Morgan fingerprint density at radius 2 is 2.03 bits per heavy atom. The molecule has 3 aromatic rings. The van der Waals surface area contributed by atoms with E-state index in [0.29, 0.717) is 17.0 Å². The highest BCUT2D eigenvalue weighted by Crippen LogP contribution is 2.21. The molecule has 0 bridgehead atoms. The Hall–Kier alpha value is -3.35. The maximum atomic E-state index is 13.6. The van der Waals surface area contributed by atoms with Crippen molar-refractivity contribution in [2.45, 2.75) is 23.9 Å². The number of benzene rings is 1. The van der Waals surface area contributed by atoms with E-state index in [0.717, 1.165) is 17.8 Å². The summed E-state index contributed by atoms with van der Waals surface area (Å²) in [6.07, 6.45) is 1.51. The third-order valence-corrected chi connectivity index (χ3v) is 4.84. The molecule has 158 valence electrons. The average molecular weight is 440 g/mol. The minimum absolute atomic E-state index is 0.277. The van der Waals surface area contributed by atoms with Crippen LogP contribution < -0.4 is 10.6 Å². The zero-order valence-electron chi connectivity index (χ0n) is 15.4. The van der Waals surface area contributed by atoms with Crippen molar-refractivity contribution < 1.29 is 27.2 Å². The maximum absolute atomic E-state index is 13.6. The van der Waals surface area contributed by atoms with Crippen molar-refractivity contribution in [3.8, 4) is 0 Å². The van der Waals surface area contributed by atoms with E-state index in [1.807, 2.05) is 0 Å². The van der Waals surface area contributed by atoms with Gasteiger partial charge < -0.3 is 15.1 Å². The molecule has 13 heteroatoms. The predicted molar refractivity (Wildman–Crippen MR) is 98.9 cm³/mol. The van der Waals surface area contributed by atoms with Crippen LogP contribution in [0.5, 0.6) is 0 Å². The zero-order chi connectivity index (χ0) is 21.7.